The predicted molar refractivity (Wildman–Crippen MR) is 40.6 cm³/mol. The van der Waals surface area contributed by atoms with Crippen molar-refractivity contribution in [2.45, 2.75) is 0 Å². The first-order chi connectivity index (χ1) is 5.74. The molecule has 0 saturated carbocycles. The van der Waals surface area contributed by atoms with E-state index in [1.165, 1.54) is 18.3 Å². The fourth-order valence-corrected chi connectivity index (χ4v) is 0.724. The zero-order valence-corrected chi connectivity index (χ0v) is 10.2. The van der Waals surface area contributed by atoms with Crippen molar-refractivity contribution in [2.75, 3.05) is 0 Å². The van der Waals surface area contributed by atoms with Crippen molar-refractivity contribution >= 4 is 5.91 Å². The first kappa shape index (κ1) is 12.7. The number of nitrogens with one attached hydrogen (secondary N) is 1. The van der Waals surface area contributed by atoms with Crippen LogP contribution in [0, 0.1) is 17.3 Å². The summed E-state index contributed by atoms with van der Waals surface area (Å²) in [6.45, 7) is 0. The van der Waals surface area contributed by atoms with E-state index in [0.717, 1.165) is 12.1 Å². The monoisotopic (exact) mass is 204 g/mol. The molecule has 0 spiro atoms. The minimum atomic E-state index is -0.530. The Balaban J connectivity index is 0. The molecule has 5 heteroatoms. The van der Waals surface area contributed by atoms with E-state index in [1.807, 2.05) is 5.32 Å². The Hall–Kier alpha value is -0.254. The van der Waals surface area contributed by atoms with E-state index in [4.69, 9.17) is 5.26 Å². The number of carbonyl (C=O) groups is 1. The van der Waals surface area contributed by atoms with Crippen molar-refractivity contribution in [3.8, 4) is 6.19 Å². The SMILES string of the molecule is N#CNC(=O)c1ccc(F)cc1.[H-].[K+]. The third kappa shape index (κ3) is 3.98. The van der Waals surface area contributed by atoms with Gasteiger partial charge in [0.1, 0.15) is 5.82 Å². The summed E-state index contributed by atoms with van der Waals surface area (Å²) >= 11 is 0. The van der Waals surface area contributed by atoms with Gasteiger partial charge in [-0.25, -0.2) is 4.39 Å². The molecule has 0 aliphatic rings. The van der Waals surface area contributed by atoms with E-state index in [2.05, 4.69) is 0 Å². The zero-order valence-electron chi connectivity index (χ0n) is 8.04. The Morgan fingerprint density at radius 1 is 1.46 bits per heavy atom. The van der Waals surface area contributed by atoms with Crippen LogP contribution in [0.1, 0.15) is 11.8 Å². The Labute approximate surface area is 119 Å². The topological polar surface area (TPSA) is 52.9 Å². The van der Waals surface area contributed by atoms with Crippen LogP contribution in [0.5, 0.6) is 0 Å². The molecule has 0 radical (unpaired) electrons. The van der Waals surface area contributed by atoms with Crippen molar-refractivity contribution in [2.24, 2.45) is 0 Å². The molecule has 1 aromatic carbocycles. The summed E-state index contributed by atoms with van der Waals surface area (Å²) in [6.07, 6.45) is 1.49. The Morgan fingerprint density at radius 3 is 2.46 bits per heavy atom. The van der Waals surface area contributed by atoms with Gasteiger partial charge in [0.2, 0.25) is 0 Å². The predicted octanol–water partition coefficient (Wildman–Crippen LogP) is -1.85. The van der Waals surface area contributed by atoms with Gasteiger partial charge in [-0.15, -0.1) is 0 Å². The molecule has 0 saturated heterocycles. The molecule has 1 N–H and O–H groups in total. The number of rotatable bonds is 1. The second-order valence-corrected chi connectivity index (χ2v) is 2.07. The zero-order chi connectivity index (χ0) is 8.97. The molecule has 1 aromatic rings. The van der Waals surface area contributed by atoms with Crippen LogP contribution >= 0.6 is 0 Å². The van der Waals surface area contributed by atoms with Crippen LogP contribution in [0.2, 0.25) is 0 Å². The number of carbonyl (C=O) groups excluding carboxylic acids is 1. The molecule has 1 amide bonds. The second-order valence-electron chi connectivity index (χ2n) is 2.07. The molecular weight excluding hydrogens is 198 g/mol. The van der Waals surface area contributed by atoms with E-state index in [9.17, 15) is 9.18 Å². The summed E-state index contributed by atoms with van der Waals surface area (Å²) in [4.78, 5) is 10.9. The van der Waals surface area contributed by atoms with E-state index in [-0.39, 0.29) is 58.4 Å². The molecule has 0 fully saturated rings. The van der Waals surface area contributed by atoms with Crippen molar-refractivity contribution in [1.82, 2.24) is 5.32 Å². The van der Waals surface area contributed by atoms with Gasteiger partial charge < -0.3 is 1.43 Å². The Bertz CT molecular complexity index is 336. The summed E-state index contributed by atoms with van der Waals surface area (Å²) in [5.41, 5.74) is 0.262. The molecule has 1 rings (SSSR count). The molecule has 0 bridgehead atoms. The second kappa shape index (κ2) is 6.24. The van der Waals surface area contributed by atoms with Crippen molar-refractivity contribution in [3.05, 3.63) is 35.6 Å². The van der Waals surface area contributed by atoms with Gasteiger partial charge in [0.05, 0.1) is 0 Å². The largest absolute Gasteiger partial charge is 1.00 e. The first-order valence-corrected chi connectivity index (χ1v) is 3.19. The molecule has 0 heterocycles. The molecule has 62 valence electrons. The fourth-order valence-electron chi connectivity index (χ4n) is 0.724. The molecule has 0 aromatic heterocycles. The van der Waals surface area contributed by atoms with Crippen molar-refractivity contribution in [1.29, 1.82) is 5.26 Å². The molecule has 0 aliphatic heterocycles. The standard InChI is InChI=1S/C8H5FN2O.K.H/c9-7-3-1-6(2-4-7)8(12)11-5-10;;/h1-4H,(H,11,12);;/q;+1;-1. The molecule has 0 aliphatic carbocycles. The summed E-state index contributed by atoms with van der Waals surface area (Å²) in [7, 11) is 0. The average Bonchev–Trinajstić information content (AvgIpc) is 2.06. The third-order valence-electron chi connectivity index (χ3n) is 1.28. The summed E-state index contributed by atoms with van der Waals surface area (Å²) in [5.74, 6) is -0.944. The van der Waals surface area contributed by atoms with Crippen LogP contribution in [-0.2, 0) is 0 Å². The Kier molecular flexibility index (Phi) is 6.12. The fraction of sp³-hybridized carbons (Fsp3) is 0. The van der Waals surface area contributed by atoms with Gasteiger partial charge in [-0.05, 0) is 24.3 Å². The quantitative estimate of drug-likeness (QED) is 0.332. The maximum Gasteiger partial charge on any atom is 1.00 e. The number of nitriles is 1. The van der Waals surface area contributed by atoms with Crippen LogP contribution in [0.15, 0.2) is 24.3 Å². The number of nitrogens with zero attached hydrogens (tertiary/aromatic N) is 1. The van der Waals surface area contributed by atoms with E-state index in [1.54, 1.807) is 0 Å². The number of halogens is 1. The van der Waals surface area contributed by atoms with Gasteiger partial charge in [0, 0.05) is 5.56 Å². The Morgan fingerprint density at radius 2 is 2.00 bits per heavy atom. The van der Waals surface area contributed by atoms with Crippen LogP contribution in [0.25, 0.3) is 0 Å². The van der Waals surface area contributed by atoms with Gasteiger partial charge in [-0.1, -0.05) is 0 Å². The van der Waals surface area contributed by atoms with Crippen molar-refractivity contribution < 1.29 is 62.0 Å². The smallest absolute Gasteiger partial charge is 1.00 e. The molecule has 13 heavy (non-hydrogen) atoms. The minimum Gasteiger partial charge on any atom is -1.00 e. The van der Waals surface area contributed by atoms with Crippen LogP contribution < -0.4 is 56.7 Å². The number of hydrogen-bond donors (Lipinski definition) is 1. The average molecular weight is 204 g/mol. The maximum absolute atomic E-state index is 12.3. The maximum atomic E-state index is 12.3. The normalized spacial score (nSPS) is 8.00. The molecule has 3 nitrogen and oxygen atoms in total. The van der Waals surface area contributed by atoms with Gasteiger partial charge >= 0.3 is 51.4 Å². The van der Waals surface area contributed by atoms with E-state index >= 15 is 0 Å². The molecular formula is C8H6FKN2O. The molecule has 0 unspecified atom stereocenters. The van der Waals surface area contributed by atoms with Crippen LogP contribution in [0.3, 0.4) is 0 Å². The van der Waals surface area contributed by atoms with Crippen LogP contribution in [0.4, 0.5) is 4.39 Å². The van der Waals surface area contributed by atoms with E-state index in [0.29, 0.717) is 0 Å². The van der Waals surface area contributed by atoms with Crippen LogP contribution in [-0.4, -0.2) is 5.91 Å². The van der Waals surface area contributed by atoms with Gasteiger partial charge in [0.15, 0.2) is 6.19 Å². The number of benzene rings is 1. The summed E-state index contributed by atoms with van der Waals surface area (Å²) in [6, 6.07) is 4.93. The molecule has 0 atom stereocenters. The van der Waals surface area contributed by atoms with Crippen molar-refractivity contribution in [3.63, 3.8) is 0 Å². The van der Waals surface area contributed by atoms with E-state index < -0.39 is 11.7 Å². The third-order valence-corrected chi connectivity index (χ3v) is 1.28. The first-order valence-electron chi connectivity index (χ1n) is 3.19. The number of hydrogen-bond acceptors (Lipinski definition) is 2. The summed E-state index contributed by atoms with van der Waals surface area (Å²) in [5, 5.41) is 10.0. The van der Waals surface area contributed by atoms with Gasteiger partial charge in [0.25, 0.3) is 5.91 Å². The van der Waals surface area contributed by atoms with Gasteiger partial charge in [-0.2, -0.15) is 5.26 Å². The number of amides is 1. The summed E-state index contributed by atoms with van der Waals surface area (Å²) < 4.78 is 12.3. The minimum absolute atomic E-state index is 0. The van der Waals surface area contributed by atoms with Gasteiger partial charge in [-0.3, -0.25) is 10.1 Å².